The minimum absolute atomic E-state index is 1.25. The first-order chi connectivity index (χ1) is 7.22. The molecule has 0 aliphatic heterocycles. The molecule has 0 heteroatoms. The van der Waals surface area contributed by atoms with Crippen LogP contribution in [-0.2, 0) is 0 Å². The highest BCUT2D eigenvalue weighted by Crippen LogP contribution is 2.02. The van der Waals surface area contributed by atoms with Crippen LogP contribution in [0.2, 0.25) is 0 Å². The molecule has 0 nitrogen and oxygen atoms in total. The zero-order valence-electron chi connectivity index (χ0n) is 12.0. The van der Waals surface area contributed by atoms with Crippen LogP contribution in [-0.4, -0.2) is 0 Å². The maximum absolute atomic E-state index is 2.12. The normalized spacial score (nSPS) is 6.93. The van der Waals surface area contributed by atoms with E-state index in [0.29, 0.717) is 0 Å². The average molecular weight is 210 g/mol. The van der Waals surface area contributed by atoms with Gasteiger partial charge < -0.3 is 0 Å². The van der Waals surface area contributed by atoms with Gasteiger partial charge >= 0.3 is 0 Å². The van der Waals surface area contributed by atoms with Gasteiger partial charge in [-0.05, 0) is 25.0 Å². The lowest BCUT2D eigenvalue weighted by Gasteiger charge is -1.93. The maximum Gasteiger partial charge on any atom is -0.0395 e. The van der Waals surface area contributed by atoms with E-state index in [1.165, 1.54) is 17.5 Å². The van der Waals surface area contributed by atoms with Crippen LogP contribution in [0, 0.1) is 13.8 Å². The van der Waals surface area contributed by atoms with Crippen LogP contribution in [0.1, 0.15) is 59.1 Å². The van der Waals surface area contributed by atoms with Gasteiger partial charge in [-0.25, -0.2) is 0 Å². The van der Waals surface area contributed by atoms with Crippen molar-refractivity contribution in [2.75, 3.05) is 0 Å². The number of rotatable bonds is 0. The molecule has 0 saturated heterocycles. The summed E-state index contributed by atoms with van der Waals surface area (Å²) in [5, 5.41) is 0. The molecule has 0 heterocycles. The summed E-state index contributed by atoms with van der Waals surface area (Å²) in [6.07, 6.45) is 1.25. The Morgan fingerprint density at radius 3 is 1.07 bits per heavy atom. The highest BCUT2D eigenvalue weighted by molar-refractivity contribution is 5.23. The van der Waals surface area contributed by atoms with Crippen molar-refractivity contribution in [1.29, 1.82) is 0 Å². The van der Waals surface area contributed by atoms with Crippen molar-refractivity contribution >= 4 is 0 Å². The Morgan fingerprint density at radius 1 is 0.733 bits per heavy atom. The van der Waals surface area contributed by atoms with Crippen molar-refractivity contribution in [2.24, 2.45) is 0 Å². The van der Waals surface area contributed by atoms with Gasteiger partial charge in [-0.1, -0.05) is 72.2 Å². The van der Waals surface area contributed by atoms with E-state index in [1.807, 2.05) is 27.7 Å². The molecule has 15 heavy (non-hydrogen) atoms. The molecule has 1 aromatic rings. The fraction of sp³-hybridized carbons (Fsp3) is 0.600. The van der Waals surface area contributed by atoms with Gasteiger partial charge in [-0.2, -0.15) is 0 Å². The molecule has 0 aromatic heterocycles. The van der Waals surface area contributed by atoms with Gasteiger partial charge in [0.2, 0.25) is 0 Å². The second-order valence-corrected chi connectivity index (χ2v) is 2.79. The maximum atomic E-state index is 2.12. The Labute approximate surface area is 97.7 Å². The van der Waals surface area contributed by atoms with Crippen molar-refractivity contribution in [3.05, 3.63) is 35.4 Å². The van der Waals surface area contributed by atoms with Crippen molar-refractivity contribution in [3.63, 3.8) is 0 Å². The summed E-state index contributed by atoms with van der Waals surface area (Å²) >= 11 is 0. The number of hydrogen-bond donors (Lipinski definition) is 0. The summed E-state index contributed by atoms with van der Waals surface area (Å²) in [4.78, 5) is 0. The SMILES string of the molecule is CC.CC.CCC.Cc1ccccc1C. The summed E-state index contributed by atoms with van der Waals surface area (Å²) in [5.74, 6) is 0. The molecule has 0 spiro atoms. The van der Waals surface area contributed by atoms with E-state index in [4.69, 9.17) is 0 Å². The second-order valence-electron chi connectivity index (χ2n) is 2.79. The zero-order valence-corrected chi connectivity index (χ0v) is 12.0. The van der Waals surface area contributed by atoms with E-state index < -0.39 is 0 Å². The van der Waals surface area contributed by atoms with E-state index in [9.17, 15) is 0 Å². The van der Waals surface area contributed by atoms with Gasteiger partial charge in [0.25, 0.3) is 0 Å². The van der Waals surface area contributed by atoms with E-state index in [2.05, 4.69) is 52.0 Å². The van der Waals surface area contributed by atoms with Crippen molar-refractivity contribution < 1.29 is 0 Å². The molecule has 0 bridgehead atoms. The average Bonchev–Trinajstić information content (AvgIpc) is 2.29. The van der Waals surface area contributed by atoms with Crippen LogP contribution < -0.4 is 0 Å². The van der Waals surface area contributed by atoms with Crippen LogP contribution in [0.5, 0.6) is 0 Å². The van der Waals surface area contributed by atoms with Crippen LogP contribution >= 0.6 is 0 Å². The molecule has 0 unspecified atom stereocenters. The molecule has 0 fully saturated rings. The molecule has 0 aliphatic carbocycles. The third-order valence-corrected chi connectivity index (χ3v) is 1.43. The summed E-state index contributed by atoms with van der Waals surface area (Å²) in [6.45, 7) is 16.5. The quantitative estimate of drug-likeness (QED) is 0.510. The second kappa shape index (κ2) is 18.9. The lowest BCUT2D eigenvalue weighted by Crippen LogP contribution is -1.74. The van der Waals surface area contributed by atoms with Crippen molar-refractivity contribution in [3.8, 4) is 0 Å². The molecule has 1 aromatic carbocycles. The Kier molecular flexibility index (Phi) is 24.9. The molecule has 0 amide bonds. The van der Waals surface area contributed by atoms with Gasteiger partial charge in [0.1, 0.15) is 0 Å². The third-order valence-electron chi connectivity index (χ3n) is 1.43. The predicted octanol–water partition coefficient (Wildman–Crippen LogP) is 5.77. The summed E-state index contributed by atoms with van der Waals surface area (Å²) in [7, 11) is 0. The third kappa shape index (κ3) is 15.9. The van der Waals surface area contributed by atoms with E-state index in [-0.39, 0.29) is 0 Å². The number of benzene rings is 1. The fourth-order valence-corrected chi connectivity index (χ4v) is 0.663. The number of hydrogen-bond acceptors (Lipinski definition) is 0. The standard InChI is InChI=1S/C8H10.C3H8.2C2H6/c1-7-5-3-4-6-8(7)2;1-3-2;2*1-2/h3-6H,1-2H3;3H2,1-2H3;2*1-2H3. The Hall–Kier alpha value is -0.780. The fourth-order valence-electron chi connectivity index (χ4n) is 0.663. The largest absolute Gasteiger partial charge is 0.0683 e. The Morgan fingerprint density at radius 2 is 0.933 bits per heavy atom. The molecule has 0 saturated carbocycles. The van der Waals surface area contributed by atoms with Gasteiger partial charge in [0.15, 0.2) is 0 Å². The zero-order chi connectivity index (χ0) is 12.7. The van der Waals surface area contributed by atoms with Gasteiger partial charge in [-0.3, -0.25) is 0 Å². The summed E-state index contributed by atoms with van der Waals surface area (Å²) in [6, 6.07) is 8.36. The first-order valence-corrected chi connectivity index (χ1v) is 6.24. The van der Waals surface area contributed by atoms with E-state index in [1.54, 1.807) is 0 Å². The highest BCUT2D eigenvalue weighted by Gasteiger charge is 1.83. The Bertz CT molecular complexity index is 168. The van der Waals surface area contributed by atoms with Crippen molar-refractivity contribution in [2.45, 2.75) is 61.8 Å². The lowest BCUT2D eigenvalue weighted by atomic mass is 10.1. The first kappa shape index (κ1) is 19.7. The van der Waals surface area contributed by atoms with Crippen molar-refractivity contribution in [1.82, 2.24) is 0 Å². The van der Waals surface area contributed by atoms with E-state index in [0.717, 1.165) is 0 Å². The molecule has 0 atom stereocenters. The summed E-state index contributed by atoms with van der Waals surface area (Å²) < 4.78 is 0. The molecule has 0 N–H and O–H groups in total. The van der Waals surface area contributed by atoms with Gasteiger partial charge in [0, 0.05) is 0 Å². The van der Waals surface area contributed by atoms with Gasteiger partial charge in [0.05, 0.1) is 0 Å². The molecule has 0 aliphatic rings. The molecule has 0 radical (unpaired) electrons. The first-order valence-electron chi connectivity index (χ1n) is 6.24. The smallest absolute Gasteiger partial charge is 0.0395 e. The minimum atomic E-state index is 1.25. The van der Waals surface area contributed by atoms with Crippen LogP contribution in [0.3, 0.4) is 0 Å². The lowest BCUT2D eigenvalue weighted by molar-refractivity contribution is 1.09. The highest BCUT2D eigenvalue weighted by atomic mass is 13.9. The Balaban J connectivity index is -0.000000176. The van der Waals surface area contributed by atoms with Crippen LogP contribution in [0.4, 0.5) is 0 Å². The van der Waals surface area contributed by atoms with Crippen LogP contribution in [0.15, 0.2) is 24.3 Å². The predicted molar refractivity (Wildman–Crippen MR) is 74.6 cm³/mol. The van der Waals surface area contributed by atoms with Crippen LogP contribution in [0.25, 0.3) is 0 Å². The molecule has 90 valence electrons. The topological polar surface area (TPSA) is 0 Å². The molecule has 1 rings (SSSR count). The summed E-state index contributed by atoms with van der Waals surface area (Å²) in [5.41, 5.74) is 2.74. The molecular formula is C15H30. The van der Waals surface area contributed by atoms with E-state index >= 15 is 0 Å². The van der Waals surface area contributed by atoms with Gasteiger partial charge in [-0.15, -0.1) is 0 Å². The minimum Gasteiger partial charge on any atom is -0.0683 e. The molecular weight excluding hydrogens is 180 g/mol. The number of aryl methyl sites for hydroxylation is 2. The monoisotopic (exact) mass is 210 g/mol.